The van der Waals surface area contributed by atoms with E-state index in [9.17, 15) is 0 Å². The van der Waals surface area contributed by atoms with E-state index >= 15 is 0 Å². The summed E-state index contributed by atoms with van der Waals surface area (Å²) in [6, 6.07) is 0. The SMILES string of the molecule is CC[N+]12CCCN(CC[N+]3(CC)CCCN(CC1)C3)C2. The molecule has 3 aliphatic rings. The van der Waals surface area contributed by atoms with E-state index in [0.717, 1.165) is 0 Å². The standard InChI is InChI=1S/C16H34N4/c1-3-19-11-5-7-17(15-19)10-14-20(4-2)12-6-8-18(16-20)9-13-19/h3-16H2,1-2H3/q+2. The minimum absolute atomic E-state index is 1.31. The zero-order valence-corrected chi connectivity index (χ0v) is 13.7. The molecule has 116 valence electrons. The Labute approximate surface area is 125 Å². The highest BCUT2D eigenvalue weighted by Crippen LogP contribution is 2.22. The third kappa shape index (κ3) is 2.89. The lowest BCUT2D eigenvalue weighted by molar-refractivity contribution is -0.957. The average molecular weight is 282 g/mol. The Kier molecular flexibility index (Phi) is 4.37. The van der Waals surface area contributed by atoms with Gasteiger partial charge in [-0.2, -0.15) is 0 Å². The Morgan fingerprint density at radius 2 is 1.10 bits per heavy atom. The summed E-state index contributed by atoms with van der Waals surface area (Å²) in [7, 11) is 0. The van der Waals surface area contributed by atoms with Crippen LogP contribution < -0.4 is 0 Å². The molecule has 0 aromatic carbocycles. The second kappa shape index (κ2) is 5.91. The van der Waals surface area contributed by atoms with Crippen molar-refractivity contribution in [2.75, 3.05) is 78.8 Å². The summed E-state index contributed by atoms with van der Waals surface area (Å²) in [5, 5.41) is 0. The van der Waals surface area contributed by atoms with Crippen molar-refractivity contribution < 1.29 is 8.97 Å². The van der Waals surface area contributed by atoms with Gasteiger partial charge in [-0.25, -0.2) is 0 Å². The normalized spacial score (nSPS) is 45.9. The van der Waals surface area contributed by atoms with E-state index in [1.807, 2.05) is 0 Å². The summed E-state index contributed by atoms with van der Waals surface area (Å²) in [6.45, 7) is 21.0. The Morgan fingerprint density at radius 1 is 0.650 bits per heavy atom. The third-order valence-electron chi connectivity index (χ3n) is 6.34. The first-order valence-corrected chi connectivity index (χ1v) is 8.84. The first-order valence-electron chi connectivity index (χ1n) is 8.84. The predicted molar refractivity (Wildman–Crippen MR) is 83.2 cm³/mol. The molecule has 4 nitrogen and oxygen atoms in total. The van der Waals surface area contributed by atoms with Gasteiger partial charge in [0.05, 0.1) is 52.4 Å². The molecule has 0 amide bonds. The fourth-order valence-electron chi connectivity index (χ4n) is 4.66. The summed E-state index contributed by atoms with van der Waals surface area (Å²) in [4.78, 5) is 5.54. The Balaban J connectivity index is 1.77. The third-order valence-corrected chi connectivity index (χ3v) is 6.34. The molecule has 3 heterocycles. The number of hydrogen-bond acceptors (Lipinski definition) is 2. The summed E-state index contributed by atoms with van der Waals surface area (Å²) in [5.74, 6) is 0. The smallest absolute Gasteiger partial charge is 0.135 e. The maximum Gasteiger partial charge on any atom is 0.135 e. The van der Waals surface area contributed by atoms with Gasteiger partial charge in [-0.1, -0.05) is 0 Å². The van der Waals surface area contributed by atoms with Crippen LogP contribution in [0.15, 0.2) is 0 Å². The van der Waals surface area contributed by atoms with Crippen LogP contribution in [0.2, 0.25) is 0 Å². The van der Waals surface area contributed by atoms with Gasteiger partial charge >= 0.3 is 0 Å². The number of quaternary nitrogens is 2. The first kappa shape index (κ1) is 14.8. The highest BCUT2D eigenvalue weighted by molar-refractivity contribution is 4.67. The van der Waals surface area contributed by atoms with E-state index in [-0.39, 0.29) is 0 Å². The average Bonchev–Trinajstić information content (AvgIpc) is 2.51. The van der Waals surface area contributed by atoms with Gasteiger partial charge in [0.15, 0.2) is 0 Å². The lowest BCUT2D eigenvalue weighted by atomic mass is 10.1. The molecule has 3 saturated heterocycles. The van der Waals surface area contributed by atoms with Crippen LogP contribution in [-0.4, -0.2) is 97.6 Å². The number of hydrogen-bond donors (Lipinski definition) is 0. The summed E-state index contributed by atoms with van der Waals surface area (Å²) in [6.07, 6.45) is 2.81. The molecular formula is C16H34N4+2. The summed E-state index contributed by atoms with van der Waals surface area (Å²) < 4.78 is 2.70. The largest absolute Gasteiger partial charge is 0.310 e. The summed E-state index contributed by atoms with van der Waals surface area (Å²) in [5.41, 5.74) is 0. The first-order chi connectivity index (χ1) is 9.69. The molecule has 0 saturated carbocycles. The van der Waals surface area contributed by atoms with E-state index in [4.69, 9.17) is 0 Å². The highest BCUT2D eigenvalue weighted by atomic mass is 15.5. The minimum atomic E-state index is 1.31. The maximum atomic E-state index is 2.77. The van der Waals surface area contributed by atoms with Gasteiger partial charge in [-0.15, -0.1) is 0 Å². The topological polar surface area (TPSA) is 6.48 Å². The van der Waals surface area contributed by atoms with Crippen LogP contribution in [0.3, 0.4) is 0 Å². The van der Waals surface area contributed by atoms with Gasteiger partial charge < -0.3 is 8.97 Å². The predicted octanol–water partition coefficient (Wildman–Crippen LogP) is 1.000. The lowest BCUT2D eigenvalue weighted by Crippen LogP contribution is -2.67. The van der Waals surface area contributed by atoms with Gasteiger partial charge in [0.25, 0.3) is 0 Å². The van der Waals surface area contributed by atoms with Crippen molar-refractivity contribution in [2.45, 2.75) is 26.7 Å². The Morgan fingerprint density at radius 3 is 1.50 bits per heavy atom. The molecule has 0 aromatic rings. The molecule has 3 fully saturated rings. The quantitative estimate of drug-likeness (QED) is 0.697. The van der Waals surface area contributed by atoms with E-state index in [0.29, 0.717) is 0 Å². The van der Waals surface area contributed by atoms with Crippen molar-refractivity contribution in [3.8, 4) is 0 Å². The fraction of sp³-hybridized carbons (Fsp3) is 1.00. The lowest BCUT2D eigenvalue weighted by Gasteiger charge is -2.51. The van der Waals surface area contributed by atoms with Crippen molar-refractivity contribution in [3.05, 3.63) is 0 Å². The number of likely N-dealkylation sites (N-methyl/N-ethyl adjacent to an activating group) is 2. The van der Waals surface area contributed by atoms with Crippen molar-refractivity contribution in [2.24, 2.45) is 0 Å². The number of nitrogens with zero attached hydrogens (tertiary/aromatic N) is 4. The Hall–Kier alpha value is -0.160. The van der Waals surface area contributed by atoms with Crippen LogP contribution in [0.1, 0.15) is 26.7 Å². The molecule has 4 unspecified atom stereocenters. The van der Waals surface area contributed by atoms with Gasteiger partial charge in [-0.3, -0.25) is 9.80 Å². The van der Waals surface area contributed by atoms with Gasteiger partial charge in [-0.05, 0) is 13.8 Å². The zero-order valence-electron chi connectivity index (χ0n) is 13.7. The van der Waals surface area contributed by atoms with Crippen molar-refractivity contribution in [1.82, 2.24) is 9.80 Å². The molecule has 4 heteroatoms. The van der Waals surface area contributed by atoms with Crippen molar-refractivity contribution in [3.63, 3.8) is 0 Å². The molecule has 0 radical (unpaired) electrons. The van der Waals surface area contributed by atoms with Crippen LogP contribution in [-0.2, 0) is 0 Å². The summed E-state index contributed by atoms with van der Waals surface area (Å²) >= 11 is 0. The molecule has 4 bridgehead atoms. The molecule has 0 aromatic heterocycles. The molecule has 0 aliphatic carbocycles. The molecule has 3 rings (SSSR count). The van der Waals surface area contributed by atoms with Crippen LogP contribution in [0.25, 0.3) is 0 Å². The Bertz CT molecular complexity index is 302. The van der Waals surface area contributed by atoms with Gasteiger partial charge in [0, 0.05) is 25.9 Å². The fourth-order valence-corrected chi connectivity index (χ4v) is 4.66. The van der Waals surface area contributed by atoms with E-state index in [1.165, 1.54) is 101 Å². The van der Waals surface area contributed by atoms with Gasteiger partial charge in [0.1, 0.15) is 13.3 Å². The van der Waals surface area contributed by atoms with Crippen LogP contribution in [0.5, 0.6) is 0 Å². The molecule has 3 aliphatic heterocycles. The maximum absolute atomic E-state index is 2.77. The number of fused-ring (bicyclic) bond motifs is 4. The van der Waals surface area contributed by atoms with Crippen LogP contribution in [0.4, 0.5) is 0 Å². The van der Waals surface area contributed by atoms with Crippen molar-refractivity contribution in [1.29, 1.82) is 0 Å². The molecule has 4 atom stereocenters. The highest BCUT2D eigenvalue weighted by Gasteiger charge is 2.38. The molecular weight excluding hydrogens is 248 g/mol. The van der Waals surface area contributed by atoms with Gasteiger partial charge in [0.2, 0.25) is 0 Å². The number of rotatable bonds is 2. The van der Waals surface area contributed by atoms with Crippen molar-refractivity contribution >= 4 is 0 Å². The van der Waals surface area contributed by atoms with Crippen LogP contribution in [0, 0.1) is 0 Å². The van der Waals surface area contributed by atoms with E-state index in [2.05, 4.69) is 23.6 Å². The molecule has 20 heavy (non-hydrogen) atoms. The van der Waals surface area contributed by atoms with E-state index < -0.39 is 0 Å². The minimum Gasteiger partial charge on any atom is -0.310 e. The second-order valence-electron chi connectivity index (χ2n) is 7.44. The monoisotopic (exact) mass is 282 g/mol. The molecule has 0 N–H and O–H groups in total. The van der Waals surface area contributed by atoms with Crippen LogP contribution >= 0.6 is 0 Å². The zero-order chi connectivity index (χ0) is 14.1. The van der Waals surface area contributed by atoms with E-state index in [1.54, 1.807) is 0 Å². The second-order valence-corrected chi connectivity index (χ2v) is 7.44. The molecule has 0 spiro atoms.